The Morgan fingerprint density at radius 3 is 2.32 bits per heavy atom. The molecule has 1 saturated heterocycles. The number of hydrogen-bond acceptors (Lipinski definition) is 10. The summed E-state index contributed by atoms with van der Waals surface area (Å²) in [5.74, 6) is -1.53. The van der Waals surface area contributed by atoms with Crippen molar-refractivity contribution in [2.45, 2.75) is 37.6 Å². The zero-order chi connectivity index (χ0) is 22.4. The molecule has 0 radical (unpaired) electrons. The lowest BCUT2D eigenvalue weighted by molar-refractivity contribution is -0.128. The Balaban J connectivity index is 1.75. The molecule has 1 fully saturated rings. The first-order valence-corrected chi connectivity index (χ1v) is 9.36. The van der Waals surface area contributed by atoms with E-state index in [9.17, 15) is 35.4 Å². The van der Waals surface area contributed by atoms with Gasteiger partial charge in [-0.3, -0.25) is 4.79 Å². The number of aliphatic hydroxyl groups is 3. The standard InChI is InChI=1S/C21H20O10/c1-8(22)19-17(27)18(28)21(31-19)29-11-6-12(24)14-13(7-11)30-20(16(26)15(14)25)9-2-4-10(23)5-3-9/h2-8,17-19,21-24,26-28H,1H3/t8-,17+,18+,19-,21+/m0/s1. The zero-order valence-corrected chi connectivity index (χ0v) is 16.2. The first-order chi connectivity index (χ1) is 14.7. The van der Waals surface area contributed by atoms with E-state index in [0.29, 0.717) is 5.56 Å². The predicted molar refractivity (Wildman–Crippen MR) is 106 cm³/mol. The highest BCUT2D eigenvalue weighted by molar-refractivity contribution is 5.88. The largest absolute Gasteiger partial charge is 0.508 e. The van der Waals surface area contributed by atoms with E-state index in [4.69, 9.17) is 13.9 Å². The summed E-state index contributed by atoms with van der Waals surface area (Å²) in [6.07, 6.45) is -6.37. The van der Waals surface area contributed by atoms with Crippen molar-refractivity contribution in [3.63, 3.8) is 0 Å². The molecule has 0 amide bonds. The highest BCUT2D eigenvalue weighted by atomic mass is 16.7. The zero-order valence-electron chi connectivity index (χ0n) is 16.2. The Bertz CT molecular complexity index is 1170. The second-order valence-electron chi connectivity index (χ2n) is 7.28. The molecule has 10 heteroatoms. The average molecular weight is 432 g/mol. The van der Waals surface area contributed by atoms with Crippen LogP contribution in [0.2, 0.25) is 0 Å². The van der Waals surface area contributed by atoms with Crippen LogP contribution in [0.5, 0.6) is 23.0 Å². The smallest absolute Gasteiger partial charge is 0.238 e. The van der Waals surface area contributed by atoms with Gasteiger partial charge in [0.1, 0.15) is 46.5 Å². The minimum absolute atomic E-state index is 0.0208. The predicted octanol–water partition coefficient (Wildman–Crippen LogP) is 0.783. The van der Waals surface area contributed by atoms with Crippen LogP contribution in [0.15, 0.2) is 45.6 Å². The fourth-order valence-corrected chi connectivity index (χ4v) is 3.44. The number of rotatable bonds is 4. The average Bonchev–Trinajstić information content (AvgIpc) is 3.00. The normalized spacial score (nSPS) is 24.4. The number of fused-ring (bicyclic) bond motifs is 1. The van der Waals surface area contributed by atoms with Gasteiger partial charge in [0.2, 0.25) is 17.5 Å². The van der Waals surface area contributed by atoms with E-state index in [1.54, 1.807) is 0 Å². The van der Waals surface area contributed by atoms with Crippen molar-refractivity contribution in [3.05, 3.63) is 46.6 Å². The van der Waals surface area contributed by atoms with Gasteiger partial charge < -0.3 is 44.5 Å². The molecule has 1 aromatic heterocycles. The quantitative estimate of drug-likeness (QED) is 0.346. The van der Waals surface area contributed by atoms with Crippen molar-refractivity contribution in [1.29, 1.82) is 0 Å². The molecule has 0 bridgehead atoms. The first-order valence-electron chi connectivity index (χ1n) is 9.36. The molecule has 1 aliphatic rings. The first kappa shape index (κ1) is 20.9. The van der Waals surface area contributed by atoms with E-state index < -0.39 is 47.6 Å². The van der Waals surface area contributed by atoms with Gasteiger partial charge in [0, 0.05) is 17.7 Å². The summed E-state index contributed by atoms with van der Waals surface area (Å²) in [6, 6.07) is 7.87. The second kappa shape index (κ2) is 7.75. The van der Waals surface area contributed by atoms with Crippen LogP contribution in [0.3, 0.4) is 0 Å². The summed E-state index contributed by atoms with van der Waals surface area (Å²) in [5, 5.41) is 59.5. The molecule has 0 aliphatic carbocycles. The van der Waals surface area contributed by atoms with Crippen molar-refractivity contribution in [2.75, 3.05) is 0 Å². The van der Waals surface area contributed by atoms with Crippen molar-refractivity contribution in [3.8, 4) is 34.3 Å². The van der Waals surface area contributed by atoms with Crippen molar-refractivity contribution < 1.29 is 44.5 Å². The SMILES string of the molecule is C[C@H](O)[C@@H]1O[C@@H](Oc2cc(O)c3c(=O)c(O)c(-c4ccc(O)cc4)oc3c2)[C@H](O)[C@H]1O. The fraction of sp³-hybridized carbons (Fsp3) is 0.286. The topological polar surface area (TPSA) is 170 Å². The van der Waals surface area contributed by atoms with E-state index in [1.165, 1.54) is 37.3 Å². The summed E-state index contributed by atoms with van der Waals surface area (Å²) >= 11 is 0. The maximum atomic E-state index is 12.6. The summed E-state index contributed by atoms with van der Waals surface area (Å²) < 4.78 is 16.5. The molecule has 3 aromatic rings. The van der Waals surface area contributed by atoms with Crippen LogP contribution in [-0.2, 0) is 4.74 Å². The molecular formula is C21H20O10. The molecule has 164 valence electrons. The monoisotopic (exact) mass is 432 g/mol. The fourth-order valence-electron chi connectivity index (χ4n) is 3.44. The summed E-state index contributed by atoms with van der Waals surface area (Å²) in [5.41, 5.74) is -0.700. The van der Waals surface area contributed by atoms with E-state index in [2.05, 4.69) is 0 Å². The molecule has 1 aliphatic heterocycles. The van der Waals surface area contributed by atoms with Crippen LogP contribution in [0.1, 0.15) is 6.92 Å². The van der Waals surface area contributed by atoms with Crippen LogP contribution in [0, 0.1) is 0 Å². The minimum Gasteiger partial charge on any atom is -0.508 e. The Labute approximate surface area is 174 Å². The van der Waals surface area contributed by atoms with E-state index >= 15 is 0 Å². The number of aromatic hydroxyl groups is 3. The summed E-state index contributed by atoms with van der Waals surface area (Å²) in [6.45, 7) is 1.39. The van der Waals surface area contributed by atoms with Crippen LogP contribution in [-0.4, -0.2) is 61.3 Å². The molecule has 5 atom stereocenters. The molecule has 0 spiro atoms. The molecule has 2 heterocycles. The lowest BCUT2D eigenvalue weighted by Gasteiger charge is -2.18. The van der Waals surface area contributed by atoms with Gasteiger partial charge in [-0.25, -0.2) is 0 Å². The Morgan fingerprint density at radius 1 is 1.03 bits per heavy atom. The minimum atomic E-state index is -1.48. The molecule has 2 aromatic carbocycles. The Morgan fingerprint density at radius 2 is 1.71 bits per heavy atom. The van der Waals surface area contributed by atoms with Crippen LogP contribution in [0.4, 0.5) is 0 Å². The van der Waals surface area contributed by atoms with Crippen molar-refractivity contribution in [1.82, 2.24) is 0 Å². The lowest BCUT2D eigenvalue weighted by Crippen LogP contribution is -2.38. The molecule has 0 saturated carbocycles. The number of ether oxygens (including phenoxy) is 2. The maximum Gasteiger partial charge on any atom is 0.238 e. The molecule has 10 nitrogen and oxygen atoms in total. The summed E-state index contributed by atoms with van der Waals surface area (Å²) in [4.78, 5) is 12.6. The number of phenols is 2. The van der Waals surface area contributed by atoms with Gasteiger partial charge in [-0.05, 0) is 31.2 Å². The molecular weight excluding hydrogens is 412 g/mol. The molecule has 0 unspecified atom stereocenters. The molecule has 6 N–H and O–H groups in total. The van der Waals surface area contributed by atoms with Gasteiger partial charge in [0.15, 0.2) is 5.76 Å². The van der Waals surface area contributed by atoms with Crippen molar-refractivity contribution >= 4 is 11.0 Å². The Hall–Kier alpha value is -3.31. The highest BCUT2D eigenvalue weighted by Crippen LogP contribution is 2.37. The van der Waals surface area contributed by atoms with Gasteiger partial charge in [-0.15, -0.1) is 0 Å². The maximum absolute atomic E-state index is 12.6. The Kier molecular flexibility index (Phi) is 5.23. The van der Waals surface area contributed by atoms with Crippen LogP contribution < -0.4 is 10.2 Å². The number of aliphatic hydroxyl groups excluding tert-OH is 3. The third kappa shape index (κ3) is 3.66. The van der Waals surface area contributed by atoms with Gasteiger partial charge in [0.05, 0.1) is 6.10 Å². The van der Waals surface area contributed by atoms with Crippen LogP contribution >= 0.6 is 0 Å². The van der Waals surface area contributed by atoms with E-state index in [1.807, 2.05) is 0 Å². The third-order valence-electron chi connectivity index (χ3n) is 5.04. The number of benzene rings is 2. The third-order valence-corrected chi connectivity index (χ3v) is 5.04. The number of hydrogen-bond donors (Lipinski definition) is 6. The molecule has 4 rings (SSSR count). The lowest BCUT2D eigenvalue weighted by atomic mass is 10.1. The summed E-state index contributed by atoms with van der Waals surface area (Å²) in [7, 11) is 0. The van der Waals surface area contributed by atoms with Gasteiger partial charge in [-0.1, -0.05) is 0 Å². The van der Waals surface area contributed by atoms with Crippen molar-refractivity contribution in [2.24, 2.45) is 0 Å². The second-order valence-corrected chi connectivity index (χ2v) is 7.28. The highest BCUT2D eigenvalue weighted by Gasteiger charge is 2.46. The number of phenolic OH excluding ortho intramolecular Hbond substituents is 2. The van der Waals surface area contributed by atoms with E-state index in [0.717, 1.165) is 6.07 Å². The van der Waals surface area contributed by atoms with Gasteiger partial charge >= 0.3 is 0 Å². The van der Waals surface area contributed by atoms with Gasteiger partial charge in [0.25, 0.3) is 0 Å². The van der Waals surface area contributed by atoms with Crippen LogP contribution in [0.25, 0.3) is 22.3 Å². The van der Waals surface area contributed by atoms with Gasteiger partial charge in [-0.2, -0.15) is 0 Å². The molecule has 31 heavy (non-hydrogen) atoms. The van der Waals surface area contributed by atoms with E-state index in [-0.39, 0.29) is 28.2 Å².